The van der Waals surface area contributed by atoms with Gasteiger partial charge in [0.2, 0.25) is 0 Å². The summed E-state index contributed by atoms with van der Waals surface area (Å²) < 4.78 is 5.28. The Morgan fingerprint density at radius 1 is 1.22 bits per heavy atom. The molecule has 0 bridgehead atoms. The lowest BCUT2D eigenvalue weighted by Crippen LogP contribution is -1.99. The fraction of sp³-hybridized carbons (Fsp3) is 0.350. The summed E-state index contributed by atoms with van der Waals surface area (Å²) in [5.74, 6) is 0.769. The molecule has 3 N–H and O–H groups in total. The average molecular weight is 373 g/mol. The van der Waals surface area contributed by atoms with E-state index in [4.69, 9.17) is 9.52 Å². The van der Waals surface area contributed by atoms with Crippen LogP contribution in [0.2, 0.25) is 0 Å². The van der Waals surface area contributed by atoms with Gasteiger partial charge in [-0.1, -0.05) is 6.92 Å². The van der Waals surface area contributed by atoms with Crippen LogP contribution in [0.15, 0.2) is 58.2 Å². The zero-order chi connectivity index (χ0) is 19.8. The topological polar surface area (TPSA) is 117 Å². The number of nitro benzene ring substituents is 1. The predicted molar refractivity (Wildman–Crippen MR) is 98.8 cm³/mol. The normalized spacial score (nSPS) is 12.9. The SMILES string of the molecule is CCC(=C=CC[C@@H](O)c1ccc(CO)o1)C[C@@H](O)c1ccc([N+](=O)[O-])cc1. The molecule has 0 spiro atoms. The van der Waals surface area contributed by atoms with Crippen molar-refractivity contribution in [1.82, 2.24) is 0 Å². The molecule has 2 rings (SSSR count). The fourth-order valence-corrected chi connectivity index (χ4v) is 2.56. The Morgan fingerprint density at radius 2 is 1.93 bits per heavy atom. The highest BCUT2D eigenvalue weighted by molar-refractivity contribution is 5.34. The van der Waals surface area contributed by atoms with Gasteiger partial charge in [-0.3, -0.25) is 10.1 Å². The summed E-state index contributed by atoms with van der Waals surface area (Å²) in [4.78, 5) is 10.2. The summed E-state index contributed by atoms with van der Waals surface area (Å²) in [7, 11) is 0. The van der Waals surface area contributed by atoms with E-state index >= 15 is 0 Å². The number of rotatable bonds is 9. The molecule has 2 atom stereocenters. The molecule has 1 aromatic heterocycles. The third-order valence-electron chi connectivity index (χ3n) is 4.17. The van der Waals surface area contributed by atoms with E-state index < -0.39 is 17.1 Å². The molecule has 1 aromatic carbocycles. The van der Waals surface area contributed by atoms with E-state index in [0.717, 1.165) is 5.57 Å². The molecule has 0 unspecified atom stereocenters. The van der Waals surface area contributed by atoms with E-state index in [9.17, 15) is 20.3 Å². The number of benzene rings is 1. The van der Waals surface area contributed by atoms with Crippen LogP contribution >= 0.6 is 0 Å². The van der Waals surface area contributed by atoms with Gasteiger partial charge in [0.1, 0.15) is 24.2 Å². The van der Waals surface area contributed by atoms with Crippen molar-refractivity contribution in [2.75, 3.05) is 0 Å². The van der Waals surface area contributed by atoms with Crippen molar-refractivity contribution in [2.24, 2.45) is 0 Å². The number of hydrogen-bond donors (Lipinski definition) is 3. The summed E-state index contributed by atoms with van der Waals surface area (Å²) in [6, 6.07) is 9.04. The van der Waals surface area contributed by atoms with E-state index in [-0.39, 0.29) is 18.7 Å². The van der Waals surface area contributed by atoms with Gasteiger partial charge in [-0.15, -0.1) is 5.73 Å². The first-order chi connectivity index (χ1) is 12.9. The monoisotopic (exact) mass is 373 g/mol. The zero-order valence-corrected chi connectivity index (χ0v) is 15.0. The van der Waals surface area contributed by atoms with E-state index in [0.29, 0.717) is 29.9 Å². The molecular formula is C20H23NO6. The second-order valence-corrected chi connectivity index (χ2v) is 6.09. The first-order valence-electron chi connectivity index (χ1n) is 8.67. The quantitative estimate of drug-likeness (QED) is 0.350. The molecule has 0 fully saturated rings. The van der Waals surface area contributed by atoms with Crippen molar-refractivity contribution < 1.29 is 24.7 Å². The van der Waals surface area contributed by atoms with Gasteiger partial charge in [-0.25, -0.2) is 0 Å². The summed E-state index contributed by atoms with van der Waals surface area (Å²) in [5.41, 5.74) is 4.54. The molecule has 7 nitrogen and oxygen atoms in total. The van der Waals surface area contributed by atoms with Gasteiger partial charge in [0.15, 0.2) is 0 Å². The third kappa shape index (κ3) is 5.91. The summed E-state index contributed by atoms with van der Waals surface area (Å²) in [6.45, 7) is 1.72. The van der Waals surface area contributed by atoms with Crippen molar-refractivity contribution in [3.05, 3.63) is 81.0 Å². The maximum absolute atomic E-state index is 10.7. The molecule has 144 valence electrons. The minimum absolute atomic E-state index is 0.0200. The van der Waals surface area contributed by atoms with Crippen LogP contribution in [-0.2, 0) is 6.61 Å². The molecule has 0 saturated carbocycles. The minimum Gasteiger partial charge on any atom is -0.461 e. The van der Waals surface area contributed by atoms with Crippen molar-refractivity contribution >= 4 is 5.69 Å². The zero-order valence-electron chi connectivity index (χ0n) is 15.0. The van der Waals surface area contributed by atoms with E-state index in [1.54, 1.807) is 30.3 Å². The van der Waals surface area contributed by atoms with Gasteiger partial charge in [-0.2, -0.15) is 0 Å². The van der Waals surface area contributed by atoms with Gasteiger partial charge >= 0.3 is 0 Å². The van der Waals surface area contributed by atoms with E-state index in [1.165, 1.54) is 12.1 Å². The van der Waals surface area contributed by atoms with Crippen molar-refractivity contribution in [3.63, 3.8) is 0 Å². The first kappa shape index (κ1) is 20.6. The Hall–Kier alpha value is -2.70. The molecule has 7 heteroatoms. The lowest BCUT2D eigenvalue weighted by atomic mass is 10.00. The van der Waals surface area contributed by atoms with Crippen LogP contribution in [0.4, 0.5) is 5.69 Å². The van der Waals surface area contributed by atoms with Gasteiger partial charge in [0.25, 0.3) is 5.69 Å². The van der Waals surface area contributed by atoms with Gasteiger partial charge < -0.3 is 19.7 Å². The highest BCUT2D eigenvalue weighted by atomic mass is 16.6. The molecule has 0 aliphatic carbocycles. The average Bonchev–Trinajstić information content (AvgIpc) is 3.16. The van der Waals surface area contributed by atoms with Gasteiger partial charge in [0.05, 0.1) is 11.0 Å². The Kier molecular flexibility index (Phi) is 7.52. The molecule has 0 saturated heterocycles. The number of nitrogens with zero attached hydrogens (tertiary/aromatic N) is 1. The number of aliphatic hydroxyl groups excluding tert-OH is 3. The predicted octanol–water partition coefficient (Wildman–Crippen LogP) is 3.72. The number of non-ortho nitro benzene ring substituents is 1. The second-order valence-electron chi connectivity index (χ2n) is 6.09. The smallest absolute Gasteiger partial charge is 0.269 e. The highest BCUT2D eigenvalue weighted by Crippen LogP contribution is 2.25. The van der Waals surface area contributed by atoms with Gasteiger partial charge in [-0.05, 0) is 47.9 Å². The summed E-state index contributed by atoms with van der Waals surface area (Å²) in [5, 5.41) is 40.1. The molecule has 0 amide bonds. The van der Waals surface area contributed by atoms with Crippen LogP contribution in [0.1, 0.15) is 55.5 Å². The van der Waals surface area contributed by atoms with Crippen molar-refractivity contribution in [1.29, 1.82) is 0 Å². The second kappa shape index (κ2) is 9.85. The van der Waals surface area contributed by atoms with Gasteiger partial charge in [0, 0.05) is 25.0 Å². The maximum Gasteiger partial charge on any atom is 0.269 e. The fourth-order valence-electron chi connectivity index (χ4n) is 2.56. The Bertz CT molecular complexity index is 817. The minimum atomic E-state index is -0.837. The van der Waals surface area contributed by atoms with Crippen LogP contribution in [0, 0.1) is 10.1 Å². The number of aliphatic hydroxyl groups is 3. The molecule has 27 heavy (non-hydrogen) atoms. The molecule has 1 heterocycles. The summed E-state index contributed by atoms with van der Waals surface area (Å²) >= 11 is 0. The number of furan rings is 1. The molecule has 2 aromatic rings. The number of nitro groups is 1. The van der Waals surface area contributed by atoms with Crippen LogP contribution in [0.5, 0.6) is 0 Å². The van der Waals surface area contributed by atoms with Crippen molar-refractivity contribution in [2.45, 2.75) is 45.0 Å². The lowest BCUT2D eigenvalue weighted by molar-refractivity contribution is -0.384. The van der Waals surface area contributed by atoms with Crippen LogP contribution in [-0.4, -0.2) is 20.2 Å². The molecule has 0 aliphatic rings. The largest absolute Gasteiger partial charge is 0.461 e. The standard InChI is InChI=1S/C20H23NO6/c1-2-14(4-3-5-18(23)20-11-10-17(13-22)27-20)12-19(24)15-6-8-16(9-7-15)21(25)26/h3,6-11,18-19,22-24H,2,5,12-13H2,1H3/t4?,18-,19-/m1/s1. The Morgan fingerprint density at radius 3 is 2.48 bits per heavy atom. The maximum atomic E-state index is 10.7. The van der Waals surface area contributed by atoms with Crippen LogP contribution in [0.25, 0.3) is 0 Å². The lowest BCUT2D eigenvalue weighted by Gasteiger charge is -2.11. The summed E-state index contributed by atoms with van der Waals surface area (Å²) in [6.07, 6.45) is 1.37. The van der Waals surface area contributed by atoms with Crippen LogP contribution in [0.3, 0.4) is 0 Å². The highest BCUT2D eigenvalue weighted by Gasteiger charge is 2.13. The van der Waals surface area contributed by atoms with E-state index in [1.807, 2.05) is 6.92 Å². The molecular weight excluding hydrogens is 350 g/mol. The molecule has 0 aliphatic heterocycles. The Balaban J connectivity index is 1.99. The Labute approximate surface area is 157 Å². The van der Waals surface area contributed by atoms with Crippen molar-refractivity contribution in [3.8, 4) is 0 Å². The number of hydrogen-bond acceptors (Lipinski definition) is 6. The first-order valence-corrected chi connectivity index (χ1v) is 8.67. The van der Waals surface area contributed by atoms with E-state index in [2.05, 4.69) is 5.73 Å². The van der Waals surface area contributed by atoms with Crippen LogP contribution < -0.4 is 0 Å². The third-order valence-corrected chi connectivity index (χ3v) is 4.17. The molecule has 0 radical (unpaired) electrons.